The van der Waals surface area contributed by atoms with Crippen molar-refractivity contribution in [2.24, 2.45) is 5.92 Å². The molecular formula is C13H26N2O2. The highest BCUT2D eigenvalue weighted by Crippen LogP contribution is 2.21. The van der Waals surface area contributed by atoms with Gasteiger partial charge in [-0.25, -0.2) is 0 Å². The summed E-state index contributed by atoms with van der Waals surface area (Å²) in [5, 5.41) is 3.63. The molecule has 1 saturated carbocycles. The van der Waals surface area contributed by atoms with Crippen molar-refractivity contribution in [1.29, 1.82) is 0 Å². The lowest BCUT2D eigenvalue weighted by Gasteiger charge is -2.16. The van der Waals surface area contributed by atoms with Gasteiger partial charge in [-0.05, 0) is 38.3 Å². The van der Waals surface area contributed by atoms with Crippen LogP contribution in [0.2, 0.25) is 0 Å². The predicted octanol–water partition coefficient (Wildman–Crippen LogP) is 0.723. The van der Waals surface area contributed by atoms with Gasteiger partial charge in [0.2, 0.25) is 0 Å². The van der Waals surface area contributed by atoms with Gasteiger partial charge in [-0.15, -0.1) is 0 Å². The van der Waals surface area contributed by atoms with Gasteiger partial charge in [0, 0.05) is 26.2 Å². The van der Waals surface area contributed by atoms with E-state index in [4.69, 9.17) is 9.47 Å². The summed E-state index contributed by atoms with van der Waals surface area (Å²) in [6.45, 7) is 7.03. The van der Waals surface area contributed by atoms with Crippen LogP contribution in [0.1, 0.15) is 19.3 Å². The van der Waals surface area contributed by atoms with Gasteiger partial charge in [-0.1, -0.05) is 0 Å². The molecule has 1 aliphatic heterocycles. The molecule has 2 fully saturated rings. The molecular weight excluding hydrogens is 216 g/mol. The van der Waals surface area contributed by atoms with Crippen LogP contribution < -0.4 is 5.32 Å². The minimum absolute atomic E-state index is 0.702. The van der Waals surface area contributed by atoms with Gasteiger partial charge < -0.3 is 19.7 Å². The predicted molar refractivity (Wildman–Crippen MR) is 68.3 cm³/mol. The first-order valence-electron chi connectivity index (χ1n) is 6.91. The molecule has 100 valence electrons. The van der Waals surface area contributed by atoms with Crippen molar-refractivity contribution in [3.8, 4) is 0 Å². The van der Waals surface area contributed by atoms with Crippen molar-refractivity contribution in [1.82, 2.24) is 10.2 Å². The van der Waals surface area contributed by atoms with E-state index in [1.54, 1.807) is 7.11 Å². The van der Waals surface area contributed by atoms with Crippen LogP contribution in [-0.2, 0) is 9.47 Å². The van der Waals surface area contributed by atoms with Crippen LogP contribution >= 0.6 is 0 Å². The normalized spacial score (nSPS) is 25.6. The van der Waals surface area contributed by atoms with Crippen molar-refractivity contribution in [3.63, 3.8) is 0 Å². The molecule has 0 aromatic rings. The monoisotopic (exact) mass is 242 g/mol. The fourth-order valence-corrected chi connectivity index (χ4v) is 2.34. The third-order valence-corrected chi connectivity index (χ3v) is 3.63. The summed E-state index contributed by atoms with van der Waals surface area (Å²) in [6.07, 6.45) is 4.13. The van der Waals surface area contributed by atoms with E-state index in [1.807, 2.05) is 0 Å². The van der Waals surface area contributed by atoms with Gasteiger partial charge in [0.15, 0.2) is 0 Å². The van der Waals surface area contributed by atoms with E-state index >= 15 is 0 Å². The van der Waals surface area contributed by atoms with Gasteiger partial charge in [0.25, 0.3) is 0 Å². The highest BCUT2D eigenvalue weighted by molar-refractivity contribution is 4.84. The van der Waals surface area contributed by atoms with E-state index in [0.29, 0.717) is 6.61 Å². The molecule has 4 heteroatoms. The van der Waals surface area contributed by atoms with Crippen LogP contribution in [0.15, 0.2) is 0 Å². The quantitative estimate of drug-likeness (QED) is 0.604. The van der Waals surface area contributed by atoms with E-state index in [2.05, 4.69) is 10.2 Å². The summed E-state index contributed by atoms with van der Waals surface area (Å²) in [7, 11) is 1.71. The van der Waals surface area contributed by atoms with Gasteiger partial charge in [0.1, 0.15) is 0 Å². The minimum Gasteiger partial charge on any atom is -0.382 e. The van der Waals surface area contributed by atoms with Gasteiger partial charge in [0.05, 0.1) is 19.8 Å². The van der Waals surface area contributed by atoms with Crippen LogP contribution in [0.25, 0.3) is 0 Å². The number of nitrogens with zero attached hydrogens (tertiary/aromatic N) is 1. The second kappa shape index (κ2) is 7.31. The Morgan fingerprint density at radius 1 is 1.18 bits per heavy atom. The largest absolute Gasteiger partial charge is 0.382 e. The summed E-state index contributed by atoms with van der Waals surface area (Å²) >= 11 is 0. The Labute approximate surface area is 105 Å². The van der Waals surface area contributed by atoms with Crippen molar-refractivity contribution in [2.75, 3.05) is 53.1 Å². The van der Waals surface area contributed by atoms with Crippen LogP contribution in [0.5, 0.6) is 0 Å². The number of hydrogen-bond acceptors (Lipinski definition) is 4. The Morgan fingerprint density at radius 2 is 2.06 bits per heavy atom. The van der Waals surface area contributed by atoms with E-state index in [9.17, 15) is 0 Å². The second-order valence-electron chi connectivity index (χ2n) is 5.24. The number of methoxy groups -OCH3 is 1. The molecule has 2 rings (SSSR count). The maximum Gasteiger partial charge on any atom is 0.0700 e. The fourth-order valence-electron chi connectivity index (χ4n) is 2.34. The second-order valence-corrected chi connectivity index (χ2v) is 5.24. The first kappa shape index (κ1) is 13.3. The molecule has 4 nitrogen and oxygen atoms in total. The zero-order valence-electron chi connectivity index (χ0n) is 11.0. The highest BCUT2D eigenvalue weighted by atomic mass is 16.5. The lowest BCUT2D eigenvalue weighted by Crippen LogP contribution is -2.29. The molecule has 1 heterocycles. The fraction of sp³-hybridized carbons (Fsp3) is 1.00. The molecule has 1 saturated heterocycles. The number of nitrogens with one attached hydrogen (secondary N) is 1. The molecule has 0 radical (unpaired) electrons. The first-order chi connectivity index (χ1) is 8.38. The molecule has 1 N–H and O–H groups in total. The average molecular weight is 242 g/mol. The minimum atomic E-state index is 0.702. The average Bonchev–Trinajstić information content (AvgIpc) is 3.06. The lowest BCUT2D eigenvalue weighted by atomic mass is 10.1. The van der Waals surface area contributed by atoms with E-state index < -0.39 is 0 Å². The Balaban J connectivity index is 1.45. The van der Waals surface area contributed by atoms with Crippen LogP contribution in [0, 0.1) is 5.92 Å². The smallest absolute Gasteiger partial charge is 0.0700 e. The maximum absolute atomic E-state index is 5.50. The summed E-state index contributed by atoms with van der Waals surface area (Å²) in [5.41, 5.74) is 0. The van der Waals surface area contributed by atoms with Gasteiger partial charge in [-0.3, -0.25) is 0 Å². The standard InChI is InChI=1S/C13H26N2O2/c1-16-8-9-17-7-6-15-5-4-12(11-15)10-14-13-2-3-13/h12-14H,2-11H2,1H3. The molecule has 0 aromatic heterocycles. The molecule has 1 unspecified atom stereocenters. The number of rotatable bonds is 9. The topological polar surface area (TPSA) is 33.7 Å². The van der Waals surface area contributed by atoms with Crippen molar-refractivity contribution >= 4 is 0 Å². The van der Waals surface area contributed by atoms with Gasteiger partial charge in [-0.2, -0.15) is 0 Å². The van der Waals surface area contributed by atoms with Crippen LogP contribution in [0.4, 0.5) is 0 Å². The Morgan fingerprint density at radius 3 is 2.82 bits per heavy atom. The molecule has 17 heavy (non-hydrogen) atoms. The van der Waals surface area contributed by atoms with Gasteiger partial charge >= 0.3 is 0 Å². The van der Waals surface area contributed by atoms with Crippen LogP contribution in [-0.4, -0.2) is 64.1 Å². The van der Waals surface area contributed by atoms with Crippen molar-refractivity contribution in [2.45, 2.75) is 25.3 Å². The molecule has 0 bridgehead atoms. The number of hydrogen-bond donors (Lipinski definition) is 1. The SMILES string of the molecule is COCCOCCN1CCC(CNC2CC2)C1. The summed E-state index contributed by atoms with van der Waals surface area (Å²) < 4.78 is 10.4. The van der Waals surface area contributed by atoms with Crippen molar-refractivity contribution < 1.29 is 9.47 Å². The summed E-state index contributed by atoms with van der Waals surface area (Å²) in [5.74, 6) is 0.856. The summed E-state index contributed by atoms with van der Waals surface area (Å²) in [4.78, 5) is 2.52. The number of likely N-dealkylation sites (tertiary alicyclic amines) is 1. The van der Waals surface area contributed by atoms with E-state index in [-0.39, 0.29) is 0 Å². The number of ether oxygens (including phenoxy) is 2. The highest BCUT2D eigenvalue weighted by Gasteiger charge is 2.25. The zero-order valence-corrected chi connectivity index (χ0v) is 11.0. The molecule has 0 spiro atoms. The summed E-state index contributed by atoms with van der Waals surface area (Å²) in [6, 6.07) is 0.849. The van der Waals surface area contributed by atoms with E-state index in [0.717, 1.165) is 31.7 Å². The Hall–Kier alpha value is -0.160. The lowest BCUT2D eigenvalue weighted by molar-refractivity contribution is 0.0599. The molecule has 0 aromatic carbocycles. The van der Waals surface area contributed by atoms with E-state index in [1.165, 1.54) is 38.9 Å². The Bertz CT molecular complexity index is 210. The maximum atomic E-state index is 5.50. The van der Waals surface area contributed by atoms with Crippen LogP contribution in [0.3, 0.4) is 0 Å². The molecule has 0 amide bonds. The molecule has 1 atom stereocenters. The Kier molecular flexibility index (Phi) is 5.71. The van der Waals surface area contributed by atoms with Crippen molar-refractivity contribution in [3.05, 3.63) is 0 Å². The molecule has 2 aliphatic rings. The zero-order chi connectivity index (χ0) is 11.9. The molecule has 1 aliphatic carbocycles. The third kappa shape index (κ3) is 5.34. The first-order valence-corrected chi connectivity index (χ1v) is 6.91. The third-order valence-electron chi connectivity index (χ3n) is 3.63.